The first kappa shape index (κ1) is 20.3. The molecule has 9 nitrogen and oxygen atoms in total. The average molecular weight is 455 g/mol. The van der Waals surface area contributed by atoms with Gasteiger partial charge in [-0.15, -0.1) is 5.10 Å². The number of rotatable bonds is 4. The second kappa shape index (κ2) is 7.95. The van der Waals surface area contributed by atoms with E-state index in [1.165, 1.54) is 0 Å². The molecule has 0 saturated carbocycles. The number of nitrogens with zero attached hydrogens (tertiary/aromatic N) is 5. The standard InChI is InChI=1S/C25H21N5O4/c1-32-17-10-9-14(12-19(17)33-2)20-21-16(31)7-5-8-18(21)34-25-22(20)24-28-23(29-30(24)13-27-25)15-6-3-4-11-26-15/h3-4,6,9-13,20H,5,7-8H2,1-2H3/t20-/m0/s1. The van der Waals surface area contributed by atoms with E-state index in [1.807, 2.05) is 36.4 Å². The number of carbonyl (C=O) groups excluding carboxylic acids is 1. The predicted molar refractivity (Wildman–Crippen MR) is 122 cm³/mol. The van der Waals surface area contributed by atoms with Crippen molar-refractivity contribution in [2.45, 2.75) is 25.2 Å². The topological polar surface area (TPSA) is 101 Å². The number of ketones is 1. The van der Waals surface area contributed by atoms with Gasteiger partial charge in [0, 0.05) is 24.6 Å². The highest BCUT2D eigenvalue weighted by molar-refractivity contribution is 6.00. The summed E-state index contributed by atoms with van der Waals surface area (Å²) in [6.07, 6.45) is 5.19. The van der Waals surface area contributed by atoms with Crippen molar-refractivity contribution in [1.29, 1.82) is 0 Å². The third-order valence-electron chi connectivity index (χ3n) is 6.23. The Morgan fingerprint density at radius 1 is 1.06 bits per heavy atom. The van der Waals surface area contributed by atoms with Gasteiger partial charge in [0.15, 0.2) is 22.9 Å². The van der Waals surface area contributed by atoms with E-state index < -0.39 is 5.92 Å². The summed E-state index contributed by atoms with van der Waals surface area (Å²) in [5.41, 5.74) is 3.41. The molecule has 4 heterocycles. The van der Waals surface area contributed by atoms with Crippen molar-refractivity contribution in [1.82, 2.24) is 24.6 Å². The maximum atomic E-state index is 13.2. The third-order valence-corrected chi connectivity index (χ3v) is 6.23. The summed E-state index contributed by atoms with van der Waals surface area (Å²) in [4.78, 5) is 26.9. The number of aromatic nitrogens is 5. The number of pyridine rings is 1. The average Bonchev–Trinajstić information content (AvgIpc) is 3.32. The van der Waals surface area contributed by atoms with Gasteiger partial charge < -0.3 is 14.2 Å². The minimum Gasteiger partial charge on any atom is -0.493 e. The van der Waals surface area contributed by atoms with Crippen molar-refractivity contribution in [3.05, 3.63) is 71.4 Å². The van der Waals surface area contributed by atoms with Crippen LogP contribution in [0.4, 0.5) is 0 Å². The molecule has 1 aliphatic heterocycles. The fraction of sp³-hybridized carbons (Fsp3) is 0.240. The molecule has 1 aromatic carbocycles. The molecule has 0 N–H and O–H groups in total. The van der Waals surface area contributed by atoms with Gasteiger partial charge in [-0.2, -0.15) is 0 Å². The molecule has 0 fully saturated rings. The molecule has 1 aliphatic carbocycles. The smallest absolute Gasteiger partial charge is 0.228 e. The number of allylic oxidation sites excluding steroid dienone is 2. The zero-order valence-corrected chi connectivity index (χ0v) is 18.7. The van der Waals surface area contributed by atoms with Crippen LogP contribution in [0.15, 0.2) is 60.3 Å². The Morgan fingerprint density at radius 3 is 2.74 bits per heavy atom. The Morgan fingerprint density at radius 2 is 1.94 bits per heavy atom. The molecule has 0 saturated heterocycles. The van der Waals surface area contributed by atoms with Gasteiger partial charge in [-0.25, -0.2) is 14.5 Å². The van der Waals surface area contributed by atoms with Crippen molar-refractivity contribution in [2.75, 3.05) is 14.2 Å². The molecule has 2 aliphatic rings. The van der Waals surface area contributed by atoms with E-state index in [0.29, 0.717) is 64.3 Å². The lowest BCUT2D eigenvalue weighted by atomic mass is 9.78. The highest BCUT2D eigenvalue weighted by Crippen LogP contribution is 2.48. The Kier molecular flexibility index (Phi) is 4.75. The zero-order valence-electron chi connectivity index (χ0n) is 18.7. The van der Waals surface area contributed by atoms with Crippen LogP contribution >= 0.6 is 0 Å². The van der Waals surface area contributed by atoms with Gasteiger partial charge >= 0.3 is 0 Å². The van der Waals surface area contributed by atoms with Crippen LogP contribution < -0.4 is 14.2 Å². The Labute approximate surface area is 195 Å². The normalized spacial score (nSPS) is 17.2. The molecule has 1 atom stereocenters. The minimum absolute atomic E-state index is 0.0677. The van der Waals surface area contributed by atoms with Crippen LogP contribution in [0, 0.1) is 0 Å². The maximum absolute atomic E-state index is 13.2. The number of benzene rings is 1. The summed E-state index contributed by atoms with van der Waals surface area (Å²) in [5, 5.41) is 4.58. The minimum atomic E-state index is -0.427. The molecule has 170 valence electrons. The van der Waals surface area contributed by atoms with Crippen LogP contribution in [0.2, 0.25) is 0 Å². The van der Waals surface area contributed by atoms with Gasteiger partial charge in [-0.05, 0) is 36.2 Å². The molecular formula is C25H21N5O4. The van der Waals surface area contributed by atoms with E-state index in [0.717, 1.165) is 12.0 Å². The lowest BCUT2D eigenvalue weighted by Crippen LogP contribution is -2.26. The molecule has 0 bridgehead atoms. The van der Waals surface area contributed by atoms with Gasteiger partial charge in [-0.1, -0.05) is 12.1 Å². The van der Waals surface area contributed by atoms with Crippen molar-refractivity contribution < 1.29 is 19.0 Å². The molecule has 0 radical (unpaired) electrons. The molecule has 0 unspecified atom stereocenters. The number of methoxy groups -OCH3 is 2. The first-order valence-electron chi connectivity index (χ1n) is 11.0. The largest absolute Gasteiger partial charge is 0.493 e. The second-order valence-corrected chi connectivity index (χ2v) is 8.15. The van der Waals surface area contributed by atoms with Crippen molar-refractivity contribution in [3.63, 3.8) is 0 Å². The number of ether oxygens (including phenoxy) is 3. The third kappa shape index (κ3) is 3.12. The molecule has 6 rings (SSSR count). The summed E-state index contributed by atoms with van der Waals surface area (Å²) in [5.74, 6) is 2.40. The SMILES string of the molecule is COc1ccc([C@H]2C3=C(CCCC3=O)Oc3ncn4nc(-c5ccccn5)nc4c32)cc1OC. The lowest BCUT2D eigenvalue weighted by Gasteiger charge is -2.32. The van der Waals surface area contributed by atoms with Gasteiger partial charge in [0.2, 0.25) is 11.7 Å². The molecule has 0 spiro atoms. The van der Waals surface area contributed by atoms with Gasteiger partial charge in [-0.3, -0.25) is 9.78 Å². The van der Waals surface area contributed by atoms with Crippen LogP contribution in [-0.4, -0.2) is 44.6 Å². The Balaban J connectivity index is 1.61. The molecule has 4 aromatic rings. The maximum Gasteiger partial charge on any atom is 0.228 e. The molecule has 0 amide bonds. The number of hydrogen-bond donors (Lipinski definition) is 0. The molecule has 3 aromatic heterocycles. The zero-order chi connectivity index (χ0) is 23.2. The van der Waals surface area contributed by atoms with E-state index in [9.17, 15) is 4.79 Å². The summed E-state index contributed by atoms with van der Waals surface area (Å²) >= 11 is 0. The van der Waals surface area contributed by atoms with Crippen LogP contribution in [0.25, 0.3) is 17.2 Å². The number of Topliss-reactive ketones (excluding diaryl/α,β-unsaturated/α-hetero) is 1. The summed E-state index contributed by atoms with van der Waals surface area (Å²) in [6.45, 7) is 0. The first-order chi connectivity index (χ1) is 16.7. The quantitative estimate of drug-likeness (QED) is 0.459. The van der Waals surface area contributed by atoms with Gasteiger partial charge in [0.1, 0.15) is 17.8 Å². The highest BCUT2D eigenvalue weighted by Gasteiger charge is 2.40. The van der Waals surface area contributed by atoms with Crippen molar-refractivity contribution >= 4 is 11.4 Å². The fourth-order valence-corrected chi connectivity index (χ4v) is 4.69. The van der Waals surface area contributed by atoms with Crippen molar-refractivity contribution in [3.8, 4) is 28.9 Å². The molecule has 34 heavy (non-hydrogen) atoms. The molecular weight excluding hydrogens is 434 g/mol. The highest BCUT2D eigenvalue weighted by atomic mass is 16.5. The predicted octanol–water partition coefficient (Wildman–Crippen LogP) is 3.73. The van der Waals surface area contributed by atoms with E-state index >= 15 is 0 Å². The van der Waals surface area contributed by atoms with Gasteiger partial charge in [0.25, 0.3) is 0 Å². The van der Waals surface area contributed by atoms with Crippen LogP contribution in [0.1, 0.15) is 36.3 Å². The van der Waals surface area contributed by atoms with Crippen molar-refractivity contribution in [2.24, 2.45) is 0 Å². The lowest BCUT2D eigenvalue weighted by molar-refractivity contribution is -0.116. The Bertz CT molecular complexity index is 1460. The fourth-order valence-electron chi connectivity index (χ4n) is 4.69. The van der Waals surface area contributed by atoms with Gasteiger partial charge in [0.05, 0.1) is 25.7 Å². The van der Waals surface area contributed by atoms with E-state index in [1.54, 1.807) is 31.3 Å². The van der Waals surface area contributed by atoms with E-state index in [2.05, 4.69) is 15.1 Å². The summed E-state index contributed by atoms with van der Waals surface area (Å²) in [6, 6.07) is 11.2. The number of fused-ring (bicyclic) bond motifs is 3. The van der Waals surface area contributed by atoms with E-state index in [-0.39, 0.29) is 5.78 Å². The molecule has 9 heteroatoms. The monoisotopic (exact) mass is 455 g/mol. The Hall–Kier alpha value is -4.27. The first-order valence-corrected chi connectivity index (χ1v) is 11.0. The van der Waals surface area contributed by atoms with Crippen LogP contribution in [-0.2, 0) is 4.79 Å². The van der Waals surface area contributed by atoms with E-state index in [4.69, 9.17) is 19.2 Å². The summed E-state index contributed by atoms with van der Waals surface area (Å²) < 4.78 is 18.8. The number of carbonyl (C=O) groups is 1. The number of hydrogen-bond acceptors (Lipinski definition) is 8. The van der Waals surface area contributed by atoms with Crippen LogP contribution in [0.3, 0.4) is 0 Å². The van der Waals surface area contributed by atoms with Crippen LogP contribution in [0.5, 0.6) is 17.4 Å². The summed E-state index contributed by atoms with van der Waals surface area (Å²) in [7, 11) is 3.18. The second-order valence-electron chi connectivity index (χ2n) is 8.15.